The number of anilines is 1. The minimum atomic E-state index is -0.403. The van der Waals surface area contributed by atoms with Crippen molar-refractivity contribution in [1.29, 1.82) is 0 Å². The van der Waals surface area contributed by atoms with E-state index in [0.29, 0.717) is 22.2 Å². The molecule has 2 heterocycles. The number of non-ortho nitro benzene ring substituents is 1. The van der Waals surface area contributed by atoms with E-state index in [9.17, 15) is 14.9 Å². The number of nitrogens with zero attached hydrogens (tertiary/aromatic N) is 3. The van der Waals surface area contributed by atoms with Crippen molar-refractivity contribution in [1.82, 2.24) is 4.57 Å². The molecule has 1 amide bonds. The maximum Gasteiger partial charge on any atom is 0.271 e. The second kappa shape index (κ2) is 10.4. The molecule has 0 fully saturated rings. The monoisotopic (exact) mass is 526 g/mol. The van der Waals surface area contributed by atoms with Crippen molar-refractivity contribution in [2.24, 2.45) is 16.3 Å². The van der Waals surface area contributed by atoms with Crippen molar-refractivity contribution in [3.05, 3.63) is 105 Å². The highest BCUT2D eigenvalue weighted by Crippen LogP contribution is 2.45. The minimum Gasteiger partial charge on any atom is -0.322 e. The van der Waals surface area contributed by atoms with Gasteiger partial charge in [-0.1, -0.05) is 45.0 Å². The molecule has 4 aromatic rings. The average molecular weight is 527 g/mol. The summed E-state index contributed by atoms with van der Waals surface area (Å²) in [5.74, 6) is 0.394. The first-order valence-corrected chi connectivity index (χ1v) is 13.5. The maximum absolute atomic E-state index is 13.6. The molecule has 38 heavy (non-hydrogen) atoms. The number of thiophene rings is 1. The lowest BCUT2D eigenvalue weighted by atomic mass is 9.72. The molecule has 7 nitrogen and oxygen atoms in total. The van der Waals surface area contributed by atoms with Crippen molar-refractivity contribution in [2.45, 2.75) is 40.0 Å². The van der Waals surface area contributed by atoms with Gasteiger partial charge in [-0.3, -0.25) is 14.9 Å². The SMILES string of the molecule is CC(C)(C)[C@@H]1CCc2c(sc(N=Cc3cccn3-c3cccc([N+](=O)[O-])c3)c2C(=O)Nc2ccccc2)C1. The number of carbonyl (C=O) groups excluding carboxylic acids is 1. The predicted molar refractivity (Wildman–Crippen MR) is 153 cm³/mol. The summed E-state index contributed by atoms with van der Waals surface area (Å²) in [4.78, 5) is 30.5. The number of rotatable bonds is 6. The minimum absolute atomic E-state index is 0.0262. The zero-order valence-electron chi connectivity index (χ0n) is 21.7. The molecule has 0 saturated heterocycles. The molecule has 1 aliphatic rings. The number of fused-ring (bicyclic) bond motifs is 1. The van der Waals surface area contributed by atoms with Crippen LogP contribution in [-0.4, -0.2) is 21.6 Å². The number of nitro benzene ring substituents is 1. The summed E-state index contributed by atoms with van der Waals surface area (Å²) in [6.07, 6.45) is 6.41. The summed E-state index contributed by atoms with van der Waals surface area (Å²) in [6, 6.07) is 19.7. The van der Waals surface area contributed by atoms with E-state index in [4.69, 9.17) is 4.99 Å². The lowest BCUT2D eigenvalue weighted by Gasteiger charge is -2.33. The fraction of sp³-hybridized carbons (Fsp3) is 0.267. The second-order valence-electron chi connectivity index (χ2n) is 10.6. The van der Waals surface area contributed by atoms with Gasteiger partial charge in [0.05, 0.1) is 28.1 Å². The van der Waals surface area contributed by atoms with Gasteiger partial charge in [-0.25, -0.2) is 4.99 Å². The Balaban J connectivity index is 1.51. The van der Waals surface area contributed by atoms with Crippen LogP contribution in [-0.2, 0) is 12.8 Å². The van der Waals surface area contributed by atoms with E-state index < -0.39 is 4.92 Å². The standard InChI is InChI=1S/C30H30N4O3S/c1-30(2,3)20-14-15-25-26(17-20)38-29(27(25)28(35)32-21-9-5-4-6-10-21)31-19-24-13-8-16-33(24)22-11-7-12-23(18-22)34(36)37/h4-13,16,18-20H,14-15,17H2,1-3H3,(H,32,35)/t20-/m1/s1. The molecule has 2 aromatic heterocycles. The summed E-state index contributed by atoms with van der Waals surface area (Å²) in [5.41, 5.74) is 4.14. The van der Waals surface area contributed by atoms with Crippen LogP contribution in [0, 0.1) is 21.4 Å². The Hall–Kier alpha value is -4.04. The van der Waals surface area contributed by atoms with Gasteiger partial charge in [-0.05, 0) is 66.5 Å². The van der Waals surface area contributed by atoms with Crippen molar-refractivity contribution in [3.63, 3.8) is 0 Å². The van der Waals surface area contributed by atoms with Crippen LogP contribution >= 0.6 is 11.3 Å². The van der Waals surface area contributed by atoms with Crippen molar-refractivity contribution >= 4 is 39.8 Å². The van der Waals surface area contributed by atoms with Gasteiger partial charge in [0, 0.05) is 28.9 Å². The van der Waals surface area contributed by atoms with Crippen LogP contribution in [0.3, 0.4) is 0 Å². The number of aromatic nitrogens is 1. The summed E-state index contributed by atoms with van der Waals surface area (Å²) in [6.45, 7) is 6.83. The third-order valence-electron chi connectivity index (χ3n) is 7.14. The molecule has 0 spiro atoms. The van der Waals surface area contributed by atoms with Gasteiger partial charge in [0.2, 0.25) is 0 Å². The van der Waals surface area contributed by atoms with Gasteiger partial charge in [0.15, 0.2) is 0 Å². The summed E-state index contributed by atoms with van der Waals surface area (Å²) in [7, 11) is 0. The maximum atomic E-state index is 13.6. The molecule has 0 radical (unpaired) electrons. The molecule has 0 unspecified atom stereocenters. The van der Waals surface area contributed by atoms with Gasteiger partial charge in [0.25, 0.3) is 11.6 Å². The Bertz CT molecular complexity index is 1510. The molecule has 5 rings (SSSR count). The van der Waals surface area contributed by atoms with E-state index in [1.807, 2.05) is 59.3 Å². The number of hydrogen-bond acceptors (Lipinski definition) is 5. The number of carbonyl (C=O) groups is 1. The summed E-state index contributed by atoms with van der Waals surface area (Å²) < 4.78 is 1.85. The number of aliphatic imine (C=N–C) groups is 1. The molecule has 1 aliphatic carbocycles. The predicted octanol–water partition coefficient (Wildman–Crippen LogP) is 7.60. The van der Waals surface area contributed by atoms with Gasteiger partial charge >= 0.3 is 0 Å². The van der Waals surface area contributed by atoms with E-state index in [2.05, 4.69) is 26.1 Å². The molecule has 0 aliphatic heterocycles. The topological polar surface area (TPSA) is 89.5 Å². The summed E-state index contributed by atoms with van der Waals surface area (Å²) >= 11 is 1.59. The molecule has 1 atom stereocenters. The number of hydrogen-bond donors (Lipinski definition) is 1. The molecule has 8 heteroatoms. The Morgan fingerprint density at radius 1 is 1.13 bits per heavy atom. The van der Waals surface area contributed by atoms with Crippen molar-refractivity contribution in [3.8, 4) is 5.69 Å². The number of nitro groups is 1. The third kappa shape index (κ3) is 5.31. The zero-order chi connectivity index (χ0) is 26.9. The second-order valence-corrected chi connectivity index (χ2v) is 11.7. The van der Waals surface area contributed by atoms with E-state index in [0.717, 1.165) is 36.2 Å². The quantitative estimate of drug-likeness (QED) is 0.159. The van der Waals surface area contributed by atoms with Crippen molar-refractivity contribution < 1.29 is 9.72 Å². The Labute approximate surface area is 226 Å². The number of nitrogens with one attached hydrogen (secondary N) is 1. The van der Waals surface area contributed by atoms with Gasteiger partial charge in [-0.15, -0.1) is 11.3 Å². The van der Waals surface area contributed by atoms with Gasteiger partial charge in [-0.2, -0.15) is 0 Å². The van der Waals surface area contributed by atoms with Crippen LogP contribution in [0.25, 0.3) is 5.69 Å². The Morgan fingerprint density at radius 2 is 1.92 bits per heavy atom. The first kappa shape index (κ1) is 25.6. The first-order valence-electron chi connectivity index (χ1n) is 12.7. The van der Waals surface area contributed by atoms with Crippen LogP contribution < -0.4 is 5.32 Å². The number of amides is 1. The van der Waals surface area contributed by atoms with Crippen molar-refractivity contribution in [2.75, 3.05) is 5.32 Å². The highest BCUT2D eigenvalue weighted by atomic mass is 32.1. The lowest BCUT2D eigenvalue weighted by molar-refractivity contribution is -0.384. The lowest BCUT2D eigenvalue weighted by Crippen LogP contribution is -2.27. The molecular formula is C30H30N4O3S. The molecule has 1 N–H and O–H groups in total. The molecule has 0 bridgehead atoms. The Morgan fingerprint density at radius 3 is 2.66 bits per heavy atom. The summed E-state index contributed by atoms with van der Waals surface area (Å²) in [5, 5.41) is 15.0. The van der Waals surface area contributed by atoms with E-state index in [1.54, 1.807) is 23.6 Å². The zero-order valence-corrected chi connectivity index (χ0v) is 22.5. The molecule has 2 aromatic carbocycles. The Kier molecular flexibility index (Phi) is 6.99. The van der Waals surface area contributed by atoms with Crippen LogP contribution in [0.5, 0.6) is 0 Å². The first-order chi connectivity index (χ1) is 18.2. The highest BCUT2D eigenvalue weighted by Gasteiger charge is 2.33. The fourth-order valence-electron chi connectivity index (χ4n) is 4.97. The number of benzene rings is 2. The average Bonchev–Trinajstić information content (AvgIpc) is 3.51. The molecule has 194 valence electrons. The van der Waals surface area contributed by atoms with Crippen LogP contribution in [0.4, 0.5) is 16.4 Å². The molecular weight excluding hydrogens is 496 g/mol. The number of para-hydroxylation sites is 1. The highest BCUT2D eigenvalue weighted by molar-refractivity contribution is 7.16. The van der Waals surface area contributed by atoms with Crippen LogP contribution in [0.1, 0.15) is 53.7 Å². The smallest absolute Gasteiger partial charge is 0.271 e. The van der Waals surface area contributed by atoms with Crippen LogP contribution in [0.15, 0.2) is 77.9 Å². The van der Waals surface area contributed by atoms with Gasteiger partial charge < -0.3 is 9.88 Å². The van der Waals surface area contributed by atoms with Crippen LogP contribution in [0.2, 0.25) is 0 Å². The fourth-order valence-corrected chi connectivity index (χ4v) is 6.24. The normalized spacial score (nSPS) is 15.4. The van der Waals surface area contributed by atoms with Gasteiger partial charge in [0.1, 0.15) is 5.00 Å². The van der Waals surface area contributed by atoms with E-state index in [1.165, 1.54) is 17.0 Å². The van der Waals surface area contributed by atoms with E-state index >= 15 is 0 Å². The third-order valence-corrected chi connectivity index (χ3v) is 8.31. The van der Waals surface area contributed by atoms with E-state index in [-0.39, 0.29) is 17.0 Å². The largest absolute Gasteiger partial charge is 0.322 e. The molecule has 0 saturated carbocycles.